The molecule has 4 aromatic rings. The molecular weight excluding hydrogens is 562 g/mol. The lowest BCUT2D eigenvalue weighted by molar-refractivity contribution is 0.379. The van der Waals surface area contributed by atoms with E-state index in [1.807, 2.05) is 74.5 Å². The van der Waals surface area contributed by atoms with E-state index in [1.165, 1.54) is 4.31 Å². The van der Waals surface area contributed by atoms with Gasteiger partial charge in [-0.05, 0) is 54.8 Å². The summed E-state index contributed by atoms with van der Waals surface area (Å²) in [7, 11) is -8.13. The number of hydrogen-bond donors (Lipinski definition) is 0. The highest BCUT2D eigenvalue weighted by Crippen LogP contribution is 2.46. The van der Waals surface area contributed by atoms with Crippen LogP contribution in [0, 0.1) is 19.8 Å². The summed E-state index contributed by atoms with van der Waals surface area (Å²) >= 11 is 7.14. The van der Waals surface area contributed by atoms with Gasteiger partial charge in [0.2, 0.25) is 19.9 Å². The molecule has 0 saturated heterocycles. The Bertz CT molecular complexity index is 1740. The van der Waals surface area contributed by atoms with Gasteiger partial charge in [-0.25, -0.2) is 16.8 Å². The van der Waals surface area contributed by atoms with Crippen molar-refractivity contribution in [2.24, 2.45) is 5.92 Å². The van der Waals surface area contributed by atoms with Crippen LogP contribution in [0.25, 0.3) is 5.57 Å². The number of alkyl halides is 1. The van der Waals surface area contributed by atoms with E-state index in [2.05, 4.69) is 0 Å². The van der Waals surface area contributed by atoms with Gasteiger partial charge in [0.1, 0.15) is 0 Å². The number of nitrogens with zero attached hydrogens (tertiary/aromatic N) is 1. The van der Waals surface area contributed by atoms with Crippen molar-refractivity contribution in [3.63, 3.8) is 0 Å². The molecule has 1 aliphatic heterocycles. The molecule has 0 aliphatic carbocycles. The van der Waals surface area contributed by atoms with Gasteiger partial charge in [-0.15, -0.1) is 11.6 Å². The highest BCUT2D eigenvalue weighted by Gasteiger charge is 2.42. The molecule has 0 amide bonds. The molecule has 0 spiro atoms. The molecular formula is C32H30ClNO4S2. The topological polar surface area (TPSA) is 71.5 Å². The van der Waals surface area contributed by atoms with Gasteiger partial charge in [0.05, 0.1) is 26.6 Å². The Balaban J connectivity index is 1.76. The molecule has 0 radical (unpaired) electrons. The van der Waals surface area contributed by atoms with Crippen LogP contribution in [-0.4, -0.2) is 34.2 Å². The summed E-state index contributed by atoms with van der Waals surface area (Å²) in [6, 6.07) is 31.8. The second-order valence-electron chi connectivity index (χ2n) is 10.0. The van der Waals surface area contributed by atoms with Gasteiger partial charge in [0.15, 0.2) is 0 Å². The predicted molar refractivity (Wildman–Crippen MR) is 160 cm³/mol. The van der Waals surface area contributed by atoms with E-state index in [1.54, 1.807) is 48.5 Å². The fraction of sp³-hybridized carbons (Fsp3) is 0.188. The van der Waals surface area contributed by atoms with Gasteiger partial charge in [-0.1, -0.05) is 96.1 Å². The molecule has 2 atom stereocenters. The van der Waals surface area contributed by atoms with Crippen LogP contribution in [0.5, 0.6) is 0 Å². The lowest BCUT2D eigenvalue weighted by atomic mass is 9.84. The van der Waals surface area contributed by atoms with E-state index in [4.69, 9.17) is 11.6 Å². The first-order chi connectivity index (χ1) is 19.1. The van der Waals surface area contributed by atoms with Crippen LogP contribution in [-0.2, 0) is 19.9 Å². The molecule has 1 aliphatic rings. The molecule has 5 rings (SSSR count). The van der Waals surface area contributed by atoms with Gasteiger partial charge >= 0.3 is 0 Å². The molecule has 40 heavy (non-hydrogen) atoms. The Labute approximate surface area is 241 Å². The van der Waals surface area contributed by atoms with Gasteiger partial charge in [-0.2, -0.15) is 4.31 Å². The number of hydrogen-bond acceptors (Lipinski definition) is 4. The zero-order chi connectivity index (χ0) is 28.5. The Morgan fingerprint density at radius 1 is 0.700 bits per heavy atom. The summed E-state index contributed by atoms with van der Waals surface area (Å²) in [5.74, 6) is -0.643. The quantitative estimate of drug-likeness (QED) is 0.222. The Morgan fingerprint density at radius 2 is 1.20 bits per heavy atom. The summed E-state index contributed by atoms with van der Waals surface area (Å²) in [4.78, 5) is 0.259. The molecule has 5 nitrogen and oxygen atoms in total. The first-order valence-electron chi connectivity index (χ1n) is 12.9. The number of aryl methyl sites for hydroxylation is 2. The average Bonchev–Trinajstić information content (AvgIpc) is 2.97. The Kier molecular flexibility index (Phi) is 8.02. The summed E-state index contributed by atoms with van der Waals surface area (Å²) < 4.78 is 57.8. The third-order valence-corrected chi connectivity index (χ3v) is 11.5. The van der Waals surface area contributed by atoms with Crippen molar-refractivity contribution < 1.29 is 16.8 Å². The normalized spacial score (nSPS) is 17.5. The van der Waals surface area contributed by atoms with E-state index in [9.17, 15) is 16.8 Å². The van der Waals surface area contributed by atoms with E-state index < -0.39 is 31.2 Å². The summed E-state index contributed by atoms with van der Waals surface area (Å²) in [5, 5.41) is -0.685. The van der Waals surface area contributed by atoms with Crippen molar-refractivity contribution in [2.75, 3.05) is 13.1 Å². The van der Waals surface area contributed by atoms with Crippen LogP contribution in [0.1, 0.15) is 27.6 Å². The zero-order valence-electron chi connectivity index (χ0n) is 22.2. The van der Waals surface area contributed by atoms with Crippen LogP contribution < -0.4 is 0 Å². The maximum atomic E-state index is 14.3. The maximum absolute atomic E-state index is 14.3. The van der Waals surface area contributed by atoms with Crippen LogP contribution in [0.3, 0.4) is 0 Å². The lowest BCUT2D eigenvalue weighted by Crippen LogP contribution is -2.43. The third-order valence-electron chi connectivity index (χ3n) is 7.26. The largest absolute Gasteiger partial charge is 0.243 e. The van der Waals surface area contributed by atoms with E-state index in [0.717, 1.165) is 16.7 Å². The van der Waals surface area contributed by atoms with Crippen molar-refractivity contribution in [3.8, 4) is 0 Å². The van der Waals surface area contributed by atoms with Gasteiger partial charge in [0.25, 0.3) is 0 Å². The molecule has 4 aromatic carbocycles. The molecule has 0 saturated carbocycles. The molecule has 0 fully saturated rings. The molecule has 0 N–H and O–H groups in total. The van der Waals surface area contributed by atoms with Crippen LogP contribution in [0.4, 0.5) is 0 Å². The molecule has 8 heteroatoms. The highest BCUT2D eigenvalue weighted by atomic mass is 35.5. The van der Waals surface area contributed by atoms with Crippen molar-refractivity contribution >= 4 is 37.0 Å². The molecule has 0 bridgehead atoms. The van der Waals surface area contributed by atoms with Crippen LogP contribution >= 0.6 is 11.6 Å². The zero-order valence-corrected chi connectivity index (χ0v) is 24.6. The summed E-state index contributed by atoms with van der Waals surface area (Å²) in [6.45, 7) is 3.49. The Morgan fingerprint density at radius 3 is 1.75 bits per heavy atom. The summed E-state index contributed by atoms with van der Waals surface area (Å²) in [5.41, 5.74) is 3.87. The molecule has 0 unspecified atom stereocenters. The van der Waals surface area contributed by atoms with Crippen molar-refractivity contribution in [3.05, 3.63) is 136 Å². The van der Waals surface area contributed by atoms with Gasteiger partial charge < -0.3 is 0 Å². The molecule has 206 valence electrons. The van der Waals surface area contributed by atoms with Crippen molar-refractivity contribution in [1.82, 2.24) is 4.31 Å². The minimum Gasteiger partial charge on any atom is -0.219 e. The molecule has 0 aromatic heterocycles. The maximum Gasteiger partial charge on any atom is 0.243 e. The number of benzene rings is 4. The second kappa shape index (κ2) is 11.3. The van der Waals surface area contributed by atoms with E-state index in [0.29, 0.717) is 11.1 Å². The highest BCUT2D eigenvalue weighted by molar-refractivity contribution is 7.95. The second-order valence-corrected chi connectivity index (χ2v) is 14.4. The number of sulfone groups is 1. The standard InChI is InChI=1S/C32H30ClNO4S2/c1-23-13-17-27(18-14-23)39(35,36)30-22-34(40(37,38)28-19-15-24(2)16-20-28)21-29(31(30)25-9-5-3-6-10-25)32(33)26-11-7-4-8-12-26/h3-20,29,32H,21-22H2,1-2H3/t29-,32-/m1/s1. The SMILES string of the molecule is Cc1ccc(S(=O)(=O)C2=C(c3ccccc3)[C@H]([C@H](Cl)c3ccccc3)CN(S(=O)(=O)c3ccc(C)cc3)C2)cc1. The monoisotopic (exact) mass is 591 g/mol. The van der Waals surface area contributed by atoms with Gasteiger partial charge in [-0.3, -0.25) is 0 Å². The van der Waals surface area contributed by atoms with Gasteiger partial charge in [0, 0.05) is 12.5 Å². The first-order valence-corrected chi connectivity index (χ1v) is 16.3. The lowest BCUT2D eigenvalue weighted by Gasteiger charge is -2.38. The van der Waals surface area contributed by atoms with E-state index in [-0.39, 0.29) is 27.8 Å². The summed E-state index contributed by atoms with van der Waals surface area (Å²) in [6.07, 6.45) is 0. The fourth-order valence-corrected chi connectivity index (χ4v) is 8.59. The first kappa shape index (κ1) is 28.3. The average molecular weight is 592 g/mol. The minimum absolute atomic E-state index is 0.0242. The predicted octanol–water partition coefficient (Wildman–Crippen LogP) is 6.79. The number of rotatable bonds is 7. The van der Waals surface area contributed by atoms with Crippen LogP contribution in [0.2, 0.25) is 0 Å². The number of halogens is 1. The number of sulfonamides is 1. The fourth-order valence-electron chi connectivity index (χ4n) is 5.06. The van der Waals surface area contributed by atoms with Crippen molar-refractivity contribution in [1.29, 1.82) is 0 Å². The van der Waals surface area contributed by atoms with Crippen molar-refractivity contribution in [2.45, 2.75) is 29.0 Å². The smallest absolute Gasteiger partial charge is 0.219 e. The molecule has 1 heterocycles. The third kappa shape index (κ3) is 5.52. The minimum atomic E-state index is -4.09. The van der Waals surface area contributed by atoms with Crippen LogP contribution in [0.15, 0.2) is 124 Å². The van der Waals surface area contributed by atoms with E-state index >= 15 is 0 Å². The Hall–Kier alpha value is -3.23.